The van der Waals surface area contributed by atoms with Gasteiger partial charge in [-0.05, 0) is 49.9 Å². The Morgan fingerprint density at radius 3 is 1.55 bits per heavy atom. The first-order valence-electron chi connectivity index (χ1n) is 12.1. The number of halogens is 2. The van der Waals surface area contributed by atoms with Crippen LogP contribution in [0.2, 0.25) is 0 Å². The second-order valence-electron chi connectivity index (χ2n) is 9.34. The van der Waals surface area contributed by atoms with E-state index in [1.165, 1.54) is 25.7 Å². The standard InChI is InChI=1S/C19H42N2O.C7H6O2.2ClH/c1-7-9-11-20(12-10-8-2)15-19(22)16-21(13-17(3)4)14-18(5)6;8-7(9)6-4-2-1-3-5-6;;/h17-19,22H,7-16H2,1-6H3;1-5H,(H,8,9);2*1H. The molecule has 0 amide bonds. The van der Waals surface area contributed by atoms with Crippen molar-refractivity contribution in [2.24, 2.45) is 11.8 Å². The predicted molar refractivity (Wildman–Crippen MR) is 146 cm³/mol. The number of benzene rings is 1. The molecule has 0 aliphatic carbocycles. The van der Waals surface area contributed by atoms with E-state index < -0.39 is 5.97 Å². The van der Waals surface area contributed by atoms with Gasteiger partial charge in [0.05, 0.1) is 11.7 Å². The third-order valence-electron chi connectivity index (χ3n) is 4.86. The maximum Gasteiger partial charge on any atom is 0.335 e. The maximum atomic E-state index is 10.5. The van der Waals surface area contributed by atoms with E-state index in [9.17, 15) is 9.90 Å². The van der Waals surface area contributed by atoms with Gasteiger partial charge in [0, 0.05) is 26.2 Å². The summed E-state index contributed by atoms with van der Waals surface area (Å²) >= 11 is 0. The van der Waals surface area contributed by atoms with Crippen molar-refractivity contribution < 1.29 is 15.0 Å². The van der Waals surface area contributed by atoms with Crippen LogP contribution in [0.25, 0.3) is 0 Å². The average molecular weight is 510 g/mol. The van der Waals surface area contributed by atoms with E-state index in [0.29, 0.717) is 17.4 Å². The van der Waals surface area contributed by atoms with Gasteiger partial charge in [-0.15, -0.1) is 24.8 Å². The summed E-state index contributed by atoms with van der Waals surface area (Å²) in [7, 11) is 0. The number of rotatable bonds is 15. The SMILES string of the molecule is CCCCN(CCCC)CC(O)CN(CC(C)C)CC(C)C.Cl.Cl.O=C(O)c1ccccc1. The van der Waals surface area contributed by atoms with E-state index in [1.807, 2.05) is 0 Å². The molecule has 2 N–H and O–H groups in total. The third kappa shape index (κ3) is 21.4. The quantitative estimate of drug-likeness (QED) is 0.300. The minimum absolute atomic E-state index is 0. The minimum atomic E-state index is -0.879. The van der Waals surface area contributed by atoms with Crippen molar-refractivity contribution in [2.45, 2.75) is 73.3 Å². The minimum Gasteiger partial charge on any atom is -0.478 e. The Balaban J connectivity index is -0.000000685. The van der Waals surface area contributed by atoms with Crippen molar-refractivity contribution in [2.75, 3.05) is 39.3 Å². The summed E-state index contributed by atoms with van der Waals surface area (Å²) in [4.78, 5) is 15.1. The number of hydrogen-bond acceptors (Lipinski definition) is 4. The first kappa shape index (κ1) is 36.7. The molecule has 0 aromatic heterocycles. The van der Waals surface area contributed by atoms with E-state index in [2.05, 4.69) is 51.3 Å². The molecular formula is C26H50Cl2N2O3. The molecule has 0 heterocycles. The zero-order chi connectivity index (χ0) is 23.6. The van der Waals surface area contributed by atoms with E-state index >= 15 is 0 Å². The van der Waals surface area contributed by atoms with Gasteiger partial charge in [0.25, 0.3) is 0 Å². The molecule has 0 saturated heterocycles. The van der Waals surface area contributed by atoms with Crippen LogP contribution in [-0.2, 0) is 0 Å². The molecule has 0 aliphatic rings. The normalized spacial score (nSPS) is 11.6. The Morgan fingerprint density at radius 1 is 0.788 bits per heavy atom. The zero-order valence-corrected chi connectivity index (χ0v) is 23.3. The molecule has 0 saturated carbocycles. The number of aliphatic hydroxyl groups is 1. The lowest BCUT2D eigenvalue weighted by molar-refractivity contribution is 0.0643. The maximum absolute atomic E-state index is 10.5. The van der Waals surface area contributed by atoms with Gasteiger partial charge in [0.15, 0.2) is 0 Å². The molecule has 1 rings (SSSR count). The molecule has 5 nitrogen and oxygen atoms in total. The van der Waals surface area contributed by atoms with Gasteiger partial charge in [-0.25, -0.2) is 4.79 Å². The second kappa shape index (κ2) is 22.9. The van der Waals surface area contributed by atoms with Gasteiger partial charge in [0.2, 0.25) is 0 Å². The largest absolute Gasteiger partial charge is 0.478 e. The molecule has 1 aromatic rings. The molecule has 196 valence electrons. The van der Waals surface area contributed by atoms with Crippen molar-refractivity contribution in [3.05, 3.63) is 35.9 Å². The number of carboxylic acids is 1. The number of carboxylic acid groups (broad SMARTS) is 1. The van der Waals surface area contributed by atoms with Crippen molar-refractivity contribution >= 4 is 30.8 Å². The van der Waals surface area contributed by atoms with Crippen LogP contribution in [0.15, 0.2) is 30.3 Å². The number of hydrogen-bond donors (Lipinski definition) is 2. The summed E-state index contributed by atoms with van der Waals surface area (Å²) in [5, 5.41) is 18.9. The lowest BCUT2D eigenvalue weighted by atomic mass is 10.1. The van der Waals surface area contributed by atoms with E-state index in [4.69, 9.17) is 5.11 Å². The van der Waals surface area contributed by atoms with E-state index in [-0.39, 0.29) is 30.9 Å². The molecule has 1 atom stereocenters. The Hall–Kier alpha value is -0.850. The summed E-state index contributed by atoms with van der Waals surface area (Å²) in [6.45, 7) is 19.6. The van der Waals surface area contributed by atoms with Gasteiger partial charge in [-0.1, -0.05) is 72.6 Å². The molecule has 7 heteroatoms. The van der Waals surface area contributed by atoms with Crippen LogP contribution < -0.4 is 0 Å². The van der Waals surface area contributed by atoms with Gasteiger partial charge in [-0.2, -0.15) is 0 Å². The summed E-state index contributed by atoms with van der Waals surface area (Å²) in [6.07, 6.45) is 4.69. The first-order chi connectivity index (χ1) is 14.7. The van der Waals surface area contributed by atoms with Crippen LogP contribution in [-0.4, -0.2) is 71.4 Å². The highest BCUT2D eigenvalue weighted by Gasteiger charge is 2.17. The number of unbranched alkanes of at least 4 members (excludes halogenated alkanes) is 2. The first-order valence-corrected chi connectivity index (χ1v) is 12.1. The van der Waals surface area contributed by atoms with E-state index in [1.54, 1.807) is 30.3 Å². The van der Waals surface area contributed by atoms with Crippen LogP contribution in [0.3, 0.4) is 0 Å². The fraction of sp³-hybridized carbons (Fsp3) is 0.731. The molecule has 0 aliphatic heterocycles. The predicted octanol–water partition coefficient (Wildman–Crippen LogP) is 6.09. The van der Waals surface area contributed by atoms with Gasteiger partial charge in [0.1, 0.15) is 0 Å². The molecule has 1 unspecified atom stereocenters. The summed E-state index contributed by atoms with van der Waals surface area (Å²) in [6, 6.07) is 8.30. The summed E-state index contributed by atoms with van der Waals surface area (Å²) < 4.78 is 0. The van der Waals surface area contributed by atoms with Crippen LogP contribution >= 0.6 is 24.8 Å². The van der Waals surface area contributed by atoms with Crippen molar-refractivity contribution in [3.63, 3.8) is 0 Å². The Morgan fingerprint density at radius 2 is 1.21 bits per heavy atom. The molecule has 1 aromatic carbocycles. The number of nitrogens with zero attached hydrogens (tertiary/aromatic N) is 2. The van der Waals surface area contributed by atoms with Crippen LogP contribution in [0.4, 0.5) is 0 Å². The van der Waals surface area contributed by atoms with Crippen LogP contribution in [0.5, 0.6) is 0 Å². The lowest BCUT2D eigenvalue weighted by Gasteiger charge is -2.31. The highest BCUT2D eigenvalue weighted by atomic mass is 35.5. The van der Waals surface area contributed by atoms with Crippen molar-refractivity contribution in [1.29, 1.82) is 0 Å². The highest BCUT2D eigenvalue weighted by Crippen LogP contribution is 2.07. The number of aromatic carboxylic acids is 1. The van der Waals surface area contributed by atoms with Crippen molar-refractivity contribution in [3.8, 4) is 0 Å². The smallest absolute Gasteiger partial charge is 0.335 e. The monoisotopic (exact) mass is 508 g/mol. The zero-order valence-electron chi connectivity index (χ0n) is 21.7. The van der Waals surface area contributed by atoms with Crippen LogP contribution in [0.1, 0.15) is 77.6 Å². The Bertz CT molecular complexity index is 542. The Labute approximate surface area is 215 Å². The topological polar surface area (TPSA) is 64.0 Å². The molecule has 33 heavy (non-hydrogen) atoms. The second-order valence-corrected chi connectivity index (χ2v) is 9.34. The molecule has 0 bridgehead atoms. The molecule has 0 radical (unpaired) electrons. The molecule has 0 fully saturated rings. The fourth-order valence-corrected chi connectivity index (χ4v) is 3.55. The van der Waals surface area contributed by atoms with Crippen LogP contribution in [0, 0.1) is 11.8 Å². The lowest BCUT2D eigenvalue weighted by Crippen LogP contribution is -2.43. The molecular weight excluding hydrogens is 459 g/mol. The molecule has 0 spiro atoms. The Kier molecular flexibility index (Phi) is 25.5. The summed E-state index contributed by atoms with van der Waals surface area (Å²) in [5.74, 6) is 0.431. The third-order valence-corrected chi connectivity index (χ3v) is 4.86. The fourth-order valence-electron chi connectivity index (χ4n) is 3.55. The van der Waals surface area contributed by atoms with Crippen molar-refractivity contribution in [1.82, 2.24) is 9.80 Å². The summed E-state index contributed by atoms with van der Waals surface area (Å²) in [5.41, 5.74) is 0.331. The van der Waals surface area contributed by atoms with Gasteiger partial charge in [-0.3, -0.25) is 0 Å². The number of carbonyl (C=O) groups is 1. The van der Waals surface area contributed by atoms with Gasteiger partial charge >= 0.3 is 5.97 Å². The highest BCUT2D eigenvalue weighted by molar-refractivity contribution is 5.87. The van der Waals surface area contributed by atoms with E-state index in [0.717, 1.165) is 39.3 Å². The average Bonchev–Trinajstić information content (AvgIpc) is 2.70. The van der Waals surface area contributed by atoms with Gasteiger partial charge < -0.3 is 20.0 Å². The number of aliphatic hydroxyl groups excluding tert-OH is 1.